The standard InChI is InChI=1S/C17H28N2O2/c1-6-18-14-7-8-15(13(2)11-14)16(20)19-12-17(3,4)9-10-21-5/h7-8,11,18H,6,9-10,12H2,1-5H3,(H,19,20). The van der Waals surface area contributed by atoms with Crippen molar-refractivity contribution in [2.24, 2.45) is 5.41 Å². The van der Waals surface area contributed by atoms with Crippen LogP contribution in [0.3, 0.4) is 0 Å². The first-order valence-corrected chi connectivity index (χ1v) is 7.51. The molecule has 2 N–H and O–H groups in total. The predicted molar refractivity (Wildman–Crippen MR) is 87.9 cm³/mol. The molecule has 21 heavy (non-hydrogen) atoms. The summed E-state index contributed by atoms with van der Waals surface area (Å²) < 4.78 is 5.10. The van der Waals surface area contributed by atoms with Gasteiger partial charge in [-0.05, 0) is 49.4 Å². The fraction of sp³-hybridized carbons (Fsp3) is 0.588. The van der Waals surface area contributed by atoms with Crippen LogP contribution in [0.2, 0.25) is 0 Å². The molecular formula is C17H28N2O2. The first kappa shape index (κ1) is 17.5. The monoisotopic (exact) mass is 292 g/mol. The lowest BCUT2D eigenvalue weighted by Crippen LogP contribution is -2.35. The van der Waals surface area contributed by atoms with Gasteiger partial charge in [0.15, 0.2) is 0 Å². The number of methoxy groups -OCH3 is 1. The third kappa shape index (κ3) is 5.76. The van der Waals surface area contributed by atoms with E-state index in [-0.39, 0.29) is 11.3 Å². The van der Waals surface area contributed by atoms with Crippen molar-refractivity contribution in [3.8, 4) is 0 Å². The second kappa shape index (κ2) is 8.03. The molecule has 0 atom stereocenters. The number of benzene rings is 1. The number of ether oxygens (including phenoxy) is 1. The van der Waals surface area contributed by atoms with Gasteiger partial charge in [-0.25, -0.2) is 0 Å². The Kier molecular flexibility index (Phi) is 6.69. The number of hydrogen-bond donors (Lipinski definition) is 2. The Morgan fingerprint density at radius 1 is 1.33 bits per heavy atom. The lowest BCUT2D eigenvalue weighted by molar-refractivity contribution is 0.0920. The van der Waals surface area contributed by atoms with Crippen LogP contribution >= 0.6 is 0 Å². The van der Waals surface area contributed by atoms with E-state index in [9.17, 15) is 4.79 Å². The minimum absolute atomic E-state index is 0.0129. The maximum atomic E-state index is 12.3. The van der Waals surface area contributed by atoms with E-state index in [1.165, 1.54) is 0 Å². The molecule has 0 unspecified atom stereocenters. The maximum absolute atomic E-state index is 12.3. The maximum Gasteiger partial charge on any atom is 0.251 e. The van der Waals surface area contributed by atoms with E-state index >= 15 is 0 Å². The van der Waals surface area contributed by atoms with Crippen molar-refractivity contribution in [3.05, 3.63) is 29.3 Å². The van der Waals surface area contributed by atoms with E-state index in [0.29, 0.717) is 13.2 Å². The Balaban J connectivity index is 2.63. The van der Waals surface area contributed by atoms with Crippen molar-refractivity contribution in [1.82, 2.24) is 5.32 Å². The molecule has 4 nitrogen and oxygen atoms in total. The smallest absolute Gasteiger partial charge is 0.251 e. The zero-order valence-corrected chi connectivity index (χ0v) is 13.9. The molecule has 1 aromatic rings. The molecule has 1 aromatic carbocycles. The summed E-state index contributed by atoms with van der Waals surface area (Å²) in [4.78, 5) is 12.3. The average molecular weight is 292 g/mol. The molecule has 0 aliphatic rings. The number of carbonyl (C=O) groups is 1. The van der Waals surface area contributed by atoms with Gasteiger partial charge in [0, 0.05) is 38.1 Å². The number of anilines is 1. The summed E-state index contributed by atoms with van der Waals surface area (Å²) in [6, 6.07) is 5.83. The van der Waals surface area contributed by atoms with Crippen molar-refractivity contribution < 1.29 is 9.53 Å². The van der Waals surface area contributed by atoms with Gasteiger partial charge in [-0.1, -0.05) is 13.8 Å². The van der Waals surface area contributed by atoms with Crippen LogP contribution < -0.4 is 10.6 Å². The van der Waals surface area contributed by atoms with Crippen molar-refractivity contribution in [1.29, 1.82) is 0 Å². The molecule has 0 aromatic heterocycles. The Hall–Kier alpha value is -1.55. The molecular weight excluding hydrogens is 264 g/mol. The molecule has 0 fully saturated rings. The minimum Gasteiger partial charge on any atom is -0.385 e. The number of aryl methyl sites for hydroxylation is 1. The minimum atomic E-state index is -0.0129. The van der Waals surface area contributed by atoms with Crippen LogP contribution in [0.5, 0.6) is 0 Å². The van der Waals surface area contributed by atoms with Crippen LogP contribution in [-0.4, -0.2) is 32.7 Å². The first-order chi connectivity index (χ1) is 9.89. The van der Waals surface area contributed by atoms with E-state index in [0.717, 1.165) is 29.8 Å². The van der Waals surface area contributed by atoms with Gasteiger partial charge in [0.1, 0.15) is 0 Å². The summed E-state index contributed by atoms with van der Waals surface area (Å²) >= 11 is 0. The van der Waals surface area contributed by atoms with Crippen LogP contribution in [0, 0.1) is 12.3 Å². The average Bonchev–Trinajstić information content (AvgIpc) is 2.43. The van der Waals surface area contributed by atoms with Crippen molar-refractivity contribution >= 4 is 11.6 Å². The van der Waals surface area contributed by atoms with Crippen molar-refractivity contribution in [2.45, 2.75) is 34.1 Å². The van der Waals surface area contributed by atoms with Crippen LogP contribution in [0.4, 0.5) is 5.69 Å². The topological polar surface area (TPSA) is 50.4 Å². The highest BCUT2D eigenvalue weighted by molar-refractivity contribution is 5.96. The van der Waals surface area contributed by atoms with Gasteiger partial charge in [-0.2, -0.15) is 0 Å². The molecule has 0 saturated carbocycles. The van der Waals surface area contributed by atoms with Crippen molar-refractivity contribution in [2.75, 3.05) is 32.1 Å². The van der Waals surface area contributed by atoms with Crippen LogP contribution in [0.15, 0.2) is 18.2 Å². The molecule has 0 bridgehead atoms. The number of amides is 1. The zero-order chi connectivity index (χ0) is 15.9. The quantitative estimate of drug-likeness (QED) is 0.773. The molecule has 0 aliphatic heterocycles. The Labute approximate surface area is 128 Å². The fourth-order valence-corrected chi connectivity index (χ4v) is 2.11. The van der Waals surface area contributed by atoms with Gasteiger partial charge < -0.3 is 15.4 Å². The Morgan fingerprint density at radius 3 is 2.62 bits per heavy atom. The van der Waals surface area contributed by atoms with Gasteiger partial charge in [0.05, 0.1) is 0 Å². The predicted octanol–water partition coefficient (Wildman–Crippen LogP) is 3.22. The molecule has 0 heterocycles. The lowest BCUT2D eigenvalue weighted by atomic mass is 9.89. The van der Waals surface area contributed by atoms with Crippen molar-refractivity contribution in [3.63, 3.8) is 0 Å². The molecule has 0 spiro atoms. The summed E-state index contributed by atoms with van der Waals surface area (Å²) in [5.74, 6) is -0.0129. The van der Waals surface area contributed by atoms with Gasteiger partial charge in [0.25, 0.3) is 5.91 Å². The second-order valence-corrected chi connectivity index (χ2v) is 6.15. The molecule has 1 amide bonds. The summed E-state index contributed by atoms with van der Waals surface area (Å²) in [6.45, 7) is 10.5. The second-order valence-electron chi connectivity index (χ2n) is 6.15. The van der Waals surface area contributed by atoms with Gasteiger partial charge >= 0.3 is 0 Å². The van der Waals surface area contributed by atoms with E-state index in [1.807, 2.05) is 25.1 Å². The molecule has 0 saturated heterocycles. The molecule has 4 heteroatoms. The normalized spacial score (nSPS) is 11.3. The highest BCUT2D eigenvalue weighted by Gasteiger charge is 2.19. The highest BCUT2D eigenvalue weighted by atomic mass is 16.5. The van der Waals surface area contributed by atoms with Crippen LogP contribution in [0.1, 0.15) is 43.1 Å². The Morgan fingerprint density at radius 2 is 2.05 bits per heavy atom. The SMILES string of the molecule is CCNc1ccc(C(=O)NCC(C)(C)CCOC)c(C)c1. The largest absolute Gasteiger partial charge is 0.385 e. The summed E-state index contributed by atoms with van der Waals surface area (Å²) in [5, 5.41) is 6.27. The molecule has 0 radical (unpaired) electrons. The van der Waals surface area contributed by atoms with E-state index in [4.69, 9.17) is 4.74 Å². The number of rotatable bonds is 8. The van der Waals surface area contributed by atoms with Gasteiger partial charge in [-0.15, -0.1) is 0 Å². The van der Waals surface area contributed by atoms with Gasteiger partial charge in [-0.3, -0.25) is 4.79 Å². The Bertz CT molecular complexity index is 470. The molecule has 118 valence electrons. The summed E-state index contributed by atoms with van der Waals surface area (Å²) in [6.07, 6.45) is 0.919. The van der Waals surface area contributed by atoms with E-state index in [2.05, 4.69) is 31.4 Å². The third-order valence-electron chi connectivity index (χ3n) is 3.56. The van der Waals surface area contributed by atoms with E-state index in [1.54, 1.807) is 7.11 Å². The lowest BCUT2D eigenvalue weighted by Gasteiger charge is -2.24. The number of hydrogen-bond acceptors (Lipinski definition) is 3. The summed E-state index contributed by atoms with van der Waals surface area (Å²) in [5.41, 5.74) is 2.80. The molecule has 1 rings (SSSR count). The first-order valence-electron chi connectivity index (χ1n) is 7.51. The fourth-order valence-electron chi connectivity index (χ4n) is 2.11. The zero-order valence-electron chi connectivity index (χ0n) is 13.9. The van der Waals surface area contributed by atoms with Crippen LogP contribution in [-0.2, 0) is 4.74 Å². The highest BCUT2D eigenvalue weighted by Crippen LogP contribution is 2.20. The van der Waals surface area contributed by atoms with Gasteiger partial charge in [0.2, 0.25) is 0 Å². The third-order valence-corrected chi connectivity index (χ3v) is 3.56. The summed E-state index contributed by atoms with van der Waals surface area (Å²) in [7, 11) is 1.70. The van der Waals surface area contributed by atoms with Crippen LogP contribution in [0.25, 0.3) is 0 Å². The molecule has 0 aliphatic carbocycles. The number of nitrogens with one attached hydrogen (secondary N) is 2. The number of carbonyl (C=O) groups excluding carboxylic acids is 1. The van der Waals surface area contributed by atoms with E-state index < -0.39 is 0 Å².